The van der Waals surface area contributed by atoms with Crippen LogP contribution in [-0.4, -0.2) is 12.1 Å². The Hall–Kier alpha value is -1.53. The van der Waals surface area contributed by atoms with Gasteiger partial charge >= 0.3 is 0 Å². The molecule has 2 nitrogen and oxygen atoms in total. The number of nitrogens with two attached hydrogens (primary N) is 1. The van der Waals surface area contributed by atoms with Crippen molar-refractivity contribution in [3.8, 4) is 0 Å². The fourth-order valence-electron chi connectivity index (χ4n) is 1.70. The molecule has 0 aliphatic rings. The molecule has 0 spiro atoms. The van der Waals surface area contributed by atoms with E-state index in [1.807, 2.05) is 24.5 Å². The van der Waals surface area contributed by atoms with Crippen LogP contribution < -0.4 is 5.73 Å². The zero-order valence-corrected chi connectivity index (χ0v) is 12.2. The molecule has 0 atom stereocenters. The predicted molar refractivity (Wildman–Crippen MR) is 79.7 cm³/mol. The molecule has 2 rings (SSSR count). The van der Waals surface area contributed by atoms with Crippen LogP contribution in [0.4, 0.5) is 8.78 Å². The second-order valence-electron chi connectivity index (χ2n) is 3.93. The first-order valence-corrected chi connectivity index (χ1v) is 7.71. The van der Waals surface area contributed by atoms with Gasteiger partial charge in [0.25, 0.3) is 0 Å². The van der Waals surface area contributed by atoms with Gasteiger partial charge in [-0.25, -0.2) is 8.78 Å². The first-order valence-electron chi connectivity index (χ1n) is 5.67. The number of amidine groups is 1. The summed E-state index contributed by atoms with van der Waals surface area (Å²) in [5.41, 5.74) is 6.24. The molecule has 2 aromatic carbocycles. The summed E-state index contributed by atoms with van der Waals surface area (Å²) in [5, 5.41) is 7.68. The van der Waals surface area contributed by atoms with E-state index in [1.54, 1.807) is 0 Å². The standard InChI is InChI=1S/C14H12F2N2S2/c1-19-11-3-2-4-12(13(11)14(17)18)20-8-5-6-9(15)10(16)7-8/h2-7H,1H3,(H3,17,18). The van der Waals surface area contributed by atoms with Gasteiger partial charge in [0.05, 0.1) is 0 Å². The Labute approximate surface area is 124 Å². The van der Waals surface area contributed by atoms with Crippen LogP contribution in [-0.2, 0) is 0 Å². The number of thioether (sulfide) groups is 1. The third kappa shape index (κ3) is 3.13. The number of halogens is 2. The molecule has 0 amide bonds. The molecule has 0 aliphatic heterocycles. The molecule has 0 heterocycles. The van der Waals surface area contributed by atoms with Gasteiger partial charge in [0.2, 0.25) is 0 Å². The minimum atomic E-state index is -0.889. The lowest BCUT2D eigenvalue weighted by atomic mass is 10.2. The van der Waals surface area contributed by atoms with Gasteiger partial charge in [-0.05, 0) is 36.6 Å². The molecule has 0 saturated carbocycles. The molecule has 0 aliphatic carbocycles. The monoisotopic (exact) mass is 310 g/mol. The maximum atomic E-state index is 13.2. The van der Waals surface area contributed by atoms with Gasteiger partial charge in [0.15, 0.2) is 11.6 Å². The fraction of sp³-hybridized carbons (Fsp3) is 0.0714. The van der Waals surface area contributed by atoms with Crippen molar-refractivity contribution in [2.24, 2.45) is 5.73 Å². The molecular formula is C14H12F2N2S2. The van der Waals surface area contributed by atoms with Gasteiger partial charge in [-0.3, -0.25) is 5.41 Å². The van der Waals surface area contributed by atoms with Crippen molar-refractivity contribution in [1.29, 1.82) is 5.41 Å². The van der Waals surface area contributed by atoms with Crippen LogP contribution in [0.25, 0.3) is 0 Å². The fourth-order valence-corrected chi connectivity index (χ4v) is 3.42. The van der Waals surface area contributed by atoms with Crippen LogP contribution in [0.1, 0.15) is 5.56 Å². The molecule has 0 unspecified atom stereocenters. The molecule has 0 fully saturated rings. The van der Waals surface area contributed by atoms with Gasteiger partial charge < -0.3 is 5.73 Å². The summed E-state index contributed by atoms with van der Waals surface area (Å²) in [5.74, 6) is -1.81. The van der Waals surface area contributed by atoms with Crippen molar-refractivity contribution >= 4 is 29.4 Å². The quantitative estimate of drug-likeness (QED) is 0.507. The van der Waals surface area contributed by atoms with Gasteiger partial charge in [-0.15, -0.1) is 11.8 Å². The summed E-state index contributed by atoms with van der Waals surface area (Å²) >= 11 is 2.74. The maximum Gasteiger partial charge on any atom is 0.159 e. The Morgan fingerprint density at radius 2 is 1.80 bits per heavy atom. The molecule has 0 radical (unpaired) electrons. The Bertz CT molecular complexity index is 660. The molecule has 0 bridgehead atoms. The normalized spacial score (nSPS) is 10.6. The van der Waals surface area contributed by atoms with Crippen molar-refractivity contribution in [1.82, 2.24) is 0 Å². The topological polar surface area (TPSA) is 49.9 Å². The van der Waals surface area contributed by atoms with Crippen molar-refractivity contribution in [3.63, 3.8) is 0 Å². The van der Waals surface area contributed by atoms with E-state index in [9.17, 15) is 8.78 Å². The average Bonchev–Trinajstić information content (AvgIpc) is 2.42. The van der Waals surface area contributed by atoms with Gasteiger partial charge in [-0.2, -0.15) is 0 Å². The molecule has 2 aromatic rings. The van der Waals surface area contributed by atoms with Crippen LogP contribution in [0.5, 0.6) is 0 Å². The summed E-state index contributed by atoms with van der Waals surface area (Å²) in [6.45, 7) is 0. The van der Waals surface area contributed by atoms with Gasteiger partial charge in [0, 0.05) is 20.2 Å². The van der Waals surface area contributed by atoms with Crippen molar-refractivity contribution in [3.05, 3.63) is 53.6 Å². The van der Waals surface area contributed by atoms with E-state index in [1.165, 1.54) is 29.6 Å². The number of benzene rings is 2. The molecule has 3 N–H and O–H groups in total. The predicted octanol–water partition coefficient (Wildman–Crippen LogP) is 4.12. The summed E-state index contributed by atoms with van der Waals surface area (Å²) in [6, 6.07) is 9.25. The number of hydrogen-bond donors (Lipinski definition) is 2. The smallest absolute Gasteiger partial charge is 0.159 e. The third-order valence-corrected chi connectivity index (χ3v) is 4.43. The Kier molecular flexibility index (Phi) is 4.67. The van der Waals surface area contributed by atoms with E-state index >= 15 is 0 Å². The Morgan fingerprint density at radius 1 is 1.10 bits per heavy atom. The third-order valence-electron chi connectivity index (χ3n) is 2.60. The van der Waals surface area contributed by atoms with E-state index < -0.39 is 11.6 Å². The van der Waals surface area contributed by atoms with Crippen LogP contribution in [0.2, 0.25) is 0 Å². The first-order chi connectivity index (χ1) is 9.52. The Balaban J connectivity index is 2.42. The summed E-state index contributed by atoms with van der Waals surface area (Å²) < 4.78 is 26.1. The minimum absolute atomic E-state index is 0.0416. The highest BCUT2D eigenvalue weighted by atomic mass is 32.2. The number of nitrogens with one attached hydrogen (secondary N) is 1. The minimum Gasteiger partial charge on any atom is -0.384 e. The van der Waals surface area contributed by atoms with E-state index in [0.29, 0.717) is 10.5 Å². The summed E-state index contributed by atoms with van der Waals surface area (Å²) in [7, 11) is 0. The zero-order valence-electron chi connectivity index (χ0n) is 10.6. The van der Waals surface area contributed by atoms with Crippen LogP contribution in [0.3, 0.4) is 0 Å². The van der Waals surface area contributed by atoms with E-state index in [-0.39, 0.29) is 5.84 Å². The highest BCUT2D eigenvalue weighted by Crippen LogP contribution is 2.35. The number of hydrogen-bond acceptors (Lipinski definition) is 3. The molecule has 104 valence electrons. The second kappa shape index (κ2) is 6.28. The lowest BCUT2D eigenvalue weighted by molar-refractivity contribution is 0.506. The molecule has 20 heavy (non-hydrogen) atoms. The molecule has 0 aromatic heterocycles. The lowest BCUT2D eigenvalue weighted by Crippen LogP contribution is -2.13. The molecular weight excluding hydrogens is 298 g/mol. The molecule has 0 saturated heterocycles. The molecule has 6 heteroatoms. The zero-order chi connectivity index (χ0) is 14.7. The van der Waals surface area contributed by atoms with Gasteiger partial charge in [0.1, 0.15) is 5.84 Å². The van der Waals surface area contributed by atoms with Crippen molar-refractivity contribution < 1.29 is 8.78 Å². The average molecular weight is 310 g/mol. The van der Waals surface area contributed by atoms with Gasteiger partial charge in [-0.1, -0.05) is 17.8 Å². The van der Waals surface area contributed by atoms with E-state index in [0.717, 1.165) is 21.9 Å². The van der Waals surface area contributed by atoms with Crippen LogP contribution >= 0.6 is 23.5 Å². The summed E-state index contributed by atoms with van der Waals surface area (Å²) in [6.07, 6.45) is 1.90. The summed E-state index contributed by atoms with van der Waals surface area (Å²) in [4.78, 5) is 2.19. The van der Waals surface area contributed by atoms with E-state index in [4.69, 9.17) is 11.1 Å². The second-order valence-corrected chi connectivity index (χ2v) is 5.89. The van der Waals surface area contributed by atoms with Crippen molar-refractivity contribution in [2.75, 3.05) is 6.26 Å². The number of rotatable bonds is 4. The highest BCUT2D eigenvalue weighted by molar-refractivity contribution is 8.00. The Morgan fingerprint density at radius 3 is 2.40 bits per heavy atom. The van der Waals surface area contributed by atoms with Crippen LogP contribution in [0.15, 0.2) is 51.1 Å². The largest absolute Gasteiger partial charge is 0.384 e. The lowest BCUT2D eigenvalue weighted by Gasteiger charge is -2.12. The number of nitrogen functional groups attached to an aromatic ring is 1. The van der Waals surface area contributed by atoms with Crippen molar-refractivity contribution in [2.45, 2.75) is 14.7 Å². The van der Waals surface area contributed by atoms with E-state index in [2.05, 4.69) is 0 Å². The highest BCUT2D eigenvalue weighted by Gasteiger charge is 2.13. The first kappa shape index (κ1) is 14.9. The SMILES string of the molecule is CSc1cccc(Sc2ccc(F)c(F)c2)c1C(=N)N. The maximum absolute atomic E-state index is 13.2. The van der Waals surface area contributed by atoms with Crippen LogP contribution in [0, 0.1) is 17.0 Å².